The first-order chi connectivity index (χ1) is 12.6. The first-order valence-electron chi connectivity index (χ1n) is 8.21. The number of aromatic amines is 1. The van der Waals surface area contributed by atoms with Crippen molar-refractivity contribution in [2.75, 3.05) is 11.1 Å². The van der Waals surface area contributed by atoms with Crippen LogP contribution in [0.15, 0.2) is 35.0 Å². The Hall–Kier alpha value is -2.74. The Bertz CT molecular complexity index is 913. The Labute approximate surface area is 154 Å². The van der Waals surface area contributed by atoms with Crippen LogP contribution in [0.2, 0.25) is 0 Å². The van der Waals surface area contributed by atoms with Gasteiger partial charge in [-0.3, -0.25) is 9.89 Å². The van der Waals surface area contributed by atoms with Crippen LogP contribution in [0.1, 0.15) is 33.4 Å². The van der Waals surface area contributed by atoms with E-state index in [-0.39, 0.29) is 11.2 Å². The van der Waals surface area contributed by atoms with Gasteiger partial charge in [-0.25, -0.2) is 0 Å². The van der Waals surface area contributed by atoms with E-state index in [0.29, 0.717) is 18.2 Å². The molecule has 0 unspecified atom stereocenters. The number of hydrogen-bond donors (Lipinski definition) is 2. The van der Waals surface area contributed by atoms with Gasteiger partial charge in [0, 0.05) is 5.56 Å². The quantitative estimate of drug-likeness (QED) is 0.731. The summed E-state index contributed by atoms with van der Waals surface area (Å²) in [5.74, 6) is 2.59. The zero-order chi connectivity index (χ0) is 18.1. The highest BCUT2D eigenvalue weighted by atomic mass is 32.2. The molecule has 8 heteroatoms. The van der Waals surface area contributed by atoms with E-state index in [9.17, 15) is 4.79 Å². The molecule has 2 N–H and O–H groups in total. The first-order valence-corrected chi connectivity index (χ1v) is 9.26. The zero-order valence-electron chi connectivity index (χ0n) is 14.4. The fourth-order valence-corrected chi connectivity index (χ4v) is 3.99. The molecule has 0 fully saturated rings. The van der Waals surface area contributed by atoms with Crippen molar-refractivity contribution in [3.63, 3.8) is 0 Å². The normalized spacial score (nSPS) is 16.7. The van der Waals surface area contributed by atoms with Crippen LogP contribution in [-0.2, 0) is 11.4 Å². The summed E-state index contributed by atoms with van der Waals surface area (Å²) in [5, 5.41) is 13.7. The number of benzene rings is 1. The standard InChI is InChI=1S/C18H18N4O3S/c1-10-15(11(2)25-22-10)8-24-13-5-3-12(4-6-13)17-14-7-19-21-18(14)20-16(23)9-26-17/h3-7,17H,8-9H2,1-2H3,(H2,19,20,21,23)/t17-/m1/s1. The summed E-state index contributed by atoms with van der Waals surface area (Å²) in [6.45, 7) is 4.20. The number of aryl methyl sites for hydroxylation is 2. The molecule has 3 aromatic rings. The zero-order valence-corrected chi connectivity index (χ0v) is 15.2. The molecule has 1 atom stereocenters. The minimum absolute atomic E-state index is 0.0255. The molecule has 1 aliphatic rings. The van der Waals surface area contributed by atoms with Crippen LogP contribution >= 0.6 is 11.8 Å². The predicted octanol–water partition coefficient (Wildman–Crippen LogP) is 3.37. The SMILES string of the molecule is Cc1noc(C)c1COc1ccc([C@H]2SCC(=O)Nc3[nH]ncc32)cc1. The van der Waals surface area contributed by atoms with Crippen LogP contribution in [-0.4, -0.2) is 27.0 Å². The number of carbonyl (C=O) groups excluding carboxylic acids is 1. The molecule has 0 bridgehead atoms. The number of fused-ring (bicyclic) bond motifs is 1. The van der Waals surface area contributed by atoms with E-state index < -0.39 is 0 Å². The highest BCUT2D eigenvalue weighted by molar-refractivity contribution is 8.00. The second-order valence-corrected chi connectivity index (χ2v) is 7.19. The van der Waals surface area contributed by atoms with Crippen molar-refractivity contribution < 1.29 is 14.1 Å². The number of H-pyrrole nitrogens is 1. The minimum atomic E-state index is -0.0255. The van der Waals surface area contributed by atoms with E-state index in [0.717, 1.165) is 33.9 Å². The number of hydrogen-bond acceptors (Lipinski definition) is 6. The number of thioether (sulfide) groups is 1. The molecule has 2 aromatic heterocycles. The lowest BCUT2D eigenvalue weighted by Crippen LogP contribution is -2.12. The van der Waals surface area contributed by atoms with Gasteiger partial charge in [-0.05, 0) is 31.5 Å². The fourth-order valence-electron chi connectivity index (χ4n) is 2.90. The van der Waals surface area contributed by atoms with Crippen LogP contribution < -0.4 is 10.1 Å². The van der Waals surface area contributed by atoms with Crippen LogP contribution in [0, 0.1) is 13.8 Å². The van der Waals surface area contributed by atoms with Crippen LogP contribution in [0.25, 0.3) is 0 Å². The minimum Gasteiger partial charge on any atom is -0.489 e. The number of nitrogens with zero attached hydrogens (tertiary/aromatic N) is 2. The number of nitrogens with one attached hydrogen (secondary N) is 2. The van der Waals surface area contributed by atoms with E-state index >= 15 is 0 Å². The summed E-state index contributed by atoms with van der Waals surface area (Å²) in [7, 11) is 0. The van der Waals surface area contributed by atoms with Crippen LogP contribution in [0.3, 0.4) is 0 Å². The summed E-state index contributed by atoms with van der Waals surface area (Å²) in [6, 6.07) is 7.92. The lowest BCUT2D eigenvalue weighted by Gasteiger charge is -2.14. The predicted molar refractivity (Wildman–Crippen MR) is 98.3 cm³/mol. The highest BCUT2D eigenvalue weighted by Gasteiger charge is 2.25. The third-order valence-electron chi connectivity index (χ3n) is 4.34. The van der Waals surface area contributed by atoms with Crippen molar-refractivity contribution in [1.29, 1.82) is 0 Å². The number of carbonyl (C=O) groups is 1. The summed E-state index contributed by atoms with van der Waals surface area (Å²) in [5.41, 5.74) is 3.89. The average Bonchev–Trinajstić information content (AvgIpc) is 3.17. The lowest BCUT2D eigenvalue weighted by atomic mass is 10.1. The molecule has 0 saturated heterocycles. The van der Waals surface area contributed by atoms with Gasteiger partial charge in [-0.15, -0.1) is 11.8 Å². The summed E-state index contributed by atoms with van der Waals surface area (Å²) < 4.78 is 11.0. The smallest absolute Gasteiger partial charge is 0.235 e. The second kappa shape index (κ2) is 6.87. The van der Waals surface area contributed by atoms with Gasteiger partial charge in [0.1, 0.15) is 23.9 Å². The third-order valence-corrected chi connectivity index (χ3v) is 5.63. The Balaban J connectivity index is 1.51. The number of ether oxygens (including phenoxy) is 1. The molecule has 3 heterocycles. The Morgan fingerprint density at radius 1 is 1.31 bits per heavy atom. The monoisotopic (exact) mass is 370 g/mol. The molecule has 0 spiro atoms. The fraction of sp³-hybridized carbons (Fsp3) is 0.278. The van der Waals surface area contributed by atoms with Gasteiger partial charge in [0.25, 0.3) is 0 Å². The Morgan fingerprint density at radius 2 is 2.12 bits per heavy atom. The van der Waals surface area contributed by atoms with Gasteiger partial charge in [0.05, 0.1) is 28.5 Å². The largest absolute Gasteiger partial charge is 0.489 e. The maximum atomic E-state index is 11.8. The number of rotatable bonds is 4. The van der Waals surface area contributed by atoms with E-state index in [1.165, 1.54) is 0 Å². The van der Waals surface area contributed by atoms with Crippen molar-refractivity contribution in [3.8, 4) is 5.75 Å². The van der Waals surface area contributed by atoms with Gasteiger partial charge in [-0.2, -0.15) is 5.10 Å². The molecule has 134 valence electrons. The van der Waals surface area contributed by atoms with Gasteiger partial charge in [0.2, 0.25) is 5.91 Å². The molecule has 1 aliphatic heterocycles. The third kappa shape index (κ3) is 3.20. The molecule has 1 aromatic carbocycles. The number of aromatic nitrogens is 3. The highest BCUT2D eigenvalue weighted by Crippen LogP contribution is 2.40. The first kappa shape index (κ1) is 16.7. The summed E-state index contributed by atoms with van der Waals surface area (Å²) in [6.07, 6.45) is 1.76. The number of amides is 1. The molecular formula is C18H18N4O3S. The van der Waals surface area contributed by atoms with Gasteiger partial charge in [0.15, 0.2) is 0 Å². The molecule has 1 amide bonds. The molecule has 0 radical (unpaired) electrons. The van der Waals surface area contributed by atoms with Crippen molar-refractivity contribution in [1.82, 2.24) is 15.4 Å². The molecule has 26 heavy (non-hydrogen) atoms. The average molecular weight is 370 g/mol. The maximum Gasteiger partial charge on any atom is 0.235 e. The van der Waals surface area contributed by atoms with E-state index in [1.54, 1.807) is 18.0 Å². The second-order valence-electron chi connectivity index (χ2n) is 6.10. The number of anilines is 1. The van der Waals surface area contributed by atoms with Gasteiger partial charge < -0.3 is 14.6 Å². The van der Waals surface area contributed by atoms with Crippen molar-refractivity contribution in [3.05, 3.63) is 58.6 Å². The maximum absolute atomic E-state index is 11.8. The lowest BCUT2D eigenvalue weighted by molar-refractivity contribution is -0.113. The topological polar surface area (TPSA) is 93.0 Å². The van der Waals surface area contributed by atoms with Gasteiger partial charge in [-0.1, -0.05) is 17.3 Å². The molecule has 0 aliphatic carbocycles. The van der Waals surface area contributed by atoms with Crippen molar-refractivity contribution in [2.45, 2.75) is 25.7 Å². The summed E-state index contributed by atoms with van der Waals surface area (Å²) >= 11 is 1.58. The van der Waals surface area contributed by atoms with E-state index in [4.69, 9.17) is 9.26 Å². The van der Waals surface area contributed by atoms with E-state index in [2.05, 4.69) is 20.7 Å². The van der Waals surface area contributed by atoms with Crippen LogP contribution in [0.4, 0.5) is 5.82 Å². The molecule has 4 rings (SSSR count). The van der Waals surface area contributed by atoms with Crippen molar-refractivity contribution in [2.24, 2.45) is 0 Å². The molecular weight excluding hydrogens is 352 g/mol. The Morgan fingerprint density at radius 3 is 2.85 bits per heavy atom. The molecule has 7 nitrogen and oxygen atoms in total. The van der Waals surface area contributed by atoms with Crippen molar-refractivity contribution >= 4 is 23.5 Å². The van der Waals surface area contributed by atoms with E-state index in [1.807, 2.05) is 38.1 Å². The Kier molecular flexibility index (Phi) is 4.42. The van der Waals surface area contributed by atoms with Crippen LogP contribution in [0.5, 0.6) is 5.75 Å². The molecule has 0 saturated carbocycles. The summed E-state index contributed by atoms with van der Waals surface area (Å²) in [4.78, 5) is 11.8. The van der Waals surface area contributed by atoms with Gasteiger partial charge >= 0.3 is 0 Å².